The molecule has 0 radical (unpaired) electrons. The molecule has 2 aromatic carbocycles. The standard InChI is InChI=1S/C23H16F3N5S/c1-13-9-18-19(29-21(28-18)14-4-6-16(7-5-14)23(24,25)26)10-17(13)30-22-31-20(12-32-22)15-3-2-8-27-11-15/h2-12H,1H3,(H,28,29)(H,30,31). The van der Waals surface area contributed by atoms with Gasteiger partial charge in [0.25, 0.3) is 0 Å². The number of aromatic amines is 1. The van der Waals surface area contributed by atoms with E-state index in [0.29, 0.717) is 16.9 Å². The molecule has 0 aliphatic rings. The van der Waals surface area contributed by atoms with Crippen molar-refractivity contribution < 1.29 is 13.2 Å². The number of hydrogen-bond donors (Lipinski definition) is 2. The number of benzene rings is 2. The molecule has 0 unspecified atom stereocenters. The van der Waals surface area contributed by atoms with E-state index in [1.165, 1.54) is 23.5 Å². The van der Waals surface area contributed by atoms with Crippen molar-refractivity contribution in [3.8, 4) is 22.6 Å². The van der Waals surface area contributed by atoms with Crippen molar-refractivity contribution in [1.82, 2.24) is 19.9 Å². The van der Waals surface area contributed by atoms with E-state index >= 15 is 0 Å². The van der Waals surface area contributed by atoms with Crippen molar-refractivity contribution in [2.45, 2.75) is 13.1 Å². The second kappa shape index (κ2) is 7.76. The van der Waals surface area contributed by atoms with E-state index in [2.05, 4.69) is 25.3 Å². The smallest absolute Gasteiger partial charge is 0.338 e. The van der Waals surface area contributed by atoms with Crippen LogP contribution in [0.1, 0.15) is 11.1 Å². The Morgan fingerprint density at radius 1 is 1.00 bits per heavy atom. The number of thiazole rings is 1. The Kier molecular flexibility index (Phi) is 4.90. The van der Waals surface area contributed by atoms with Gasteiger partial charge in [-0.2, -0.15) is 13.2 Å². The molecule has 0 saturated carbocycles. The van der Waals surface area contributed by atoms with E-state index in [9.17, 15) is 13.2 Å². The Morgan fingerprint density at radius 3 is 2.53 bits per heavy atom. The first-order chi connectivity index (χ1) is 15.4. The van der Waals surface area contributed by atoms with Crippen LogP contribution in [0.3, 0.4) is 0 Å². The first-order valence-electron chi connectivity index (χ1n) is 9.68. The molecule has 0 fully saturated rings. The van der Waals surface area contributed by atoms with E-state index in [1.807, 2.05) is 36.6 Å². The molecule has 5 nitrogen and oxygen atoms in total. The molecule has 9 heteroatoms. The van der Waals surface area contributed by atoms with Crippen molar-refractivity contribution >= 4 is 33.2 Å². The number of rotatable bonds is 4. The highest BCUT2D eigenvalue weighted by molar-refractivity contribution is 7.14. The third kappa shape index (κ3) is 3.94. The number of halogens is 3. The van der Waals surface area contributed by atoms with Gasteiger partial charge in [-0.05, 0) is 48.9 Å². The fraction of sp³-hybridized carbons (Fsp3) is 0.0870. The third-order valence-electron chi connectivity index (χ3n) is 5.02. The lowest BCUT2D eigenvalue weighted by molar-refractivity contribution is -0.137. The molecule has 5 rings (SSSR count). The van der Waals surface area contributed by atoms with Crippen LogP contribution < -0.4 is 5.32 Å². The van der Waals surface area contributed by atoms with Gasteiger partial charge in [-0.25, -0.2) is 9.97 Å². The topological polar surface area (TPSA) is 66.5 Å². The molecule has 0 amide bonds. The third-order valence-corrected chi connectivity index (χ3v) is 5.77. The van der Waals surface area contributed by atoms with Crippen LogP contribution in [0.25, 0.3) is 33.7 Å². The molecule has 0 atom stereocenters. The lowest BCUT2D eigenvalue weighted by atomic mass is 10.1. The molecular formula is C23H16F3N5S. The van der Waals surface area contributed by atoms with Gasteiger partial charge in [-0.3, -0.25) is 4.98 Å². The van der Waals surface area contributed by atoms with E-state index in [0.717, 1.165) is 45.3 Å². The minimum absolute atomic E-state index is 0.512. The summed E-state index contributed by atoms with van der Waals surface area (Å²) in [6.45, 7) is 1.97. The number of nitrogens with one attached hydrogen (secondary N) is 2. The molecule has 0 bridgehead atoms. The van der Waals surface area contributed by atoms with Crippen LogP contribution in [-0.2, 0) is 6.18 Å². The molecule has 3 aromatic heterocycles. The summed E-state index contributed by atoms with van der Waals surface area (Å²) >= 11 is 1.49. The molecule has 5 aromatic rings. The highest BCUT2D eigenvalue weighted by Crippen LogP contribution is 2.33. The molecule has 3 heterocycles. The second-order valence-corrected chi connectivity index (χ2v) is 8.11. The van der Waals surface area contributed by atoms with Crippen LogP contribution in [-0.4, -0.2) is 19.9 Å². The second-order valence-electron chi connectivity index (χ2n) is 7.25. The van der Waals surface area contributed by atoms with Crippen molar-refractivity contribution in [3.63, 3.8) is 0 Å². The quantitative estimate of drug-likeness (QED) is 0.315. The number of hydrogen-bond acceptors (Lipinski definition) is 5. The van der Waals surface area contributed by atoms with Gasteiger partial charge in [0.05, 0.1) is 22.3 Å². The summed E-state index contributed by atoms with van der Waals surface area (Å²) in [6.07, 6.45) is -0.879. The molecule has 0 aliphatic heterocycles. The lowest BCUT2D eigenvalue weighted by Crippen LogP contribution is -2.04. The number of anilines is 2. The van der Waals surface area contributed by atoms with Crippen LogP contribution >= 0.6 is 11.3 Å². The molecule has 2 N–H and O–H groups in total. The minimum Gasteiger partial charge on any atom is -0.338 e. The van der Waals surface area contributed by atoms with Gasteiger partial charge in [-0.1, -0.05) is 12.1 Å². The number of fused-ring (bicyclic) bond motifs is 1. The van der Waals surface area contributed by atoms with Gasteiger partial charge in [0.1, 0.15) is 5.82 Å². The van der Waals surface area contributed by atoms with Gasteiger partial charge in [0.2, 0.25) is 0 Å². The summed E-state index contributed by atoms with van der Waals surface area (Å²) in [5.74, 6) is 0.512. The largest absolute Gasteiger partial charge is 0.416 e. The van der Waals surface area contributed by atoms with Gasteiger partial charge in [0.15, 0.2) is 5.13 Å². The maximum atomic E-state index is 12.8. The maximum Gasteiger partial charge on any atom is 0.416 e. The molecule has 160 valence electrons. The van der Waals surface area contributed by atoms with Crippen LogP contribution in [0, 0.1) is 6.92 Å². The van der Waals surface area contributed by atoms with Crippen LogP contribution in [0.15, 0.2) is 66.3 Å². The molecule has 0 saturated heterocycles. The van der Waals surface area contributed by atoms with Crippen LogP contribution in [0.4, 0.5) is 24.0 Å². The van der Waals surface area contributed by atoms with E-state index in [1.54, 1.807) is 12.4 Å². The lowest BCUT2D eigenvalue weighted by Gasteiger charge is -2.06. The first-order valence-corrected chi connectivity index (χ1v) is 10.6. The number of pyridine rings is 1. The average Bonchev–Trinajstić information content (AvgIpc) is 3.41. The van der Waals surface area contributed by atoms with Gasteiger partial charge < -0.3 is 10.3 Å². The number of alkyl halides is 3. The summed E-state index contributed by atoms with van der Waals surface area (Å²) < 4.78 is 38.5. The summed E-state index contributed by atoms with van der Waals surface area (Å²) in [5, 5.41) is 6.04. The highest BCUT2D eigenvalue weighted by Gasteiger charge is 2.30. The van der Waals surface area contributed by atoms with Crippen molar-refractivity contribution in [2.24, 2.45) is 0 Å². The van der Waals surface area contributed by atoms with Crippen molar-refractivity contribution in [3.05, 3.63) is 77.4 Å². The Labute approximate surface area is 185 Å². The zero-order chi connectivity index (χ0) is 22.3. The predicted octanol–water partition coefficient (Wildman–Crippen LogP) is 6.82. The van der Waals surface area contributed by atoms with Crippen molar-refractivity contribution in [1.29, 1.82) is 0 Å². The van der Waals surface area contributed by atoms with E-state index in [4.69, 9.17) is 0 Å². The summed E-state index contributed by atoms with van der Waals surface area (Å²) in [7, 11) is 0. The Balaban J connectivity index is 1.42. The Hall–Kier alpha value is -3.72. The van der Waals surface area contributed by atoms with E-state index < -0.39 is 11.7 Å². The number of imidazole rings is 1. The maximum absolute atomic E-state index is 12.8. The average molecular weight is 451 g/mol. The summed E-state index contributed by atoms with van der Waals surface area (Å²) in [4.78, 5) is 16.5. The first kappa shape index (κ1) is 20.2. The highest BCUT2D eigenvalue weighted by atomic mass is 32.1. The SMILES string of the molecule is Cc1cc2[nH]c(-c3ccc(C(F)(F)F)cc3)nc2cc1Nc1nc(-c2cccnc2)cs1. The van der Waals surface area contributed by atoms with Crippen molar-refractivity contribution in [2.75, 3.05) is 5.32 Å². The molecule has 0 spiro atoms. The summed E-state index contributed by atoms with van der Waals surface area (Å²) in [6, 6.07) is 12.6. The van der Waals surface area contributed by atoms with E-state index in [-0.39, 0.29) is 0 Å². The normalized spacial score (nSPS) is 11.8. The van der Waals surface area contributed by atoms with Gasteiger partial charge in [0, 0.05) is 34.6 Å². The molecule has 32 heavy (non-hydrogen) atoms. The molecule has 0 aliphatic carbocycles. The monoisotopic (exact) mass is 451 g/mol. The predicted molar refractivity (Wildman–Crippen MR) is 120 cm³/mol. The fourth-order valence-corrected chi connectivity index (χ4v) is 4.08. The molecular weight excluding hydrogens is 435 g/mol. The number of nitrogens with zero attached hydrogens (tertiary/aromatic N) is 3. The summed E-state index contributed by atoms with van der Waals surface area (Å²) in [5.41, 5.74) is 5.03. The number of H-pyrrole nitrogens is 1. The number of aromatic nitrogens is 4. The van der Waals surface area contributed by atoms with Crippen LogP contribution in [0.2, 0.25) is 0 Å². The van der Waals surface area contributed by atoms with Crippen LogP contribution in [0.5, 0.6) is 0 Å². The van der Waals surface area contributed by atoms with Gasteiger partial charge in [-0.15, -0.1) is 11.3 Å². The Morgan fingerprint density at radius 2 is 1.81 bits per heavy atom. The zero-order valence-electron chi connectivity index (χ0n) is 16.7. The Bertz CT molecular complexity index is 1390. The fourth-order valence-electron chi connectivity index (χ4n) is 3.35. The minimum atomic E-state index is -4.36. The van der Waals surface area contributed by atoms with Gasteiger partial charge >= 0.3 is 6.18 Å². The zero-order valence-corrected chi connectivity index (χ0v) is 17.6. The number of aryl methyl sites for hydroxylation is 1.